The lowest BCUT2D eigenvalue weighted by Gasteiger charge is -2.17. The molecule has 0 aliphatic carbocycles. The van der Waals surface area contributed by atoms with Crippen LogP contribution in [0.4, 0.5) is 0 Å². The first kappa shape index (κ1) is 22.8. The molecule has 6 heteroatoms. The van der Waals surface area contributed by atoms with Crippen molar-refractivity contribution < 1.29 is 9.47 Å². The summed E-state index contributed by atoms with van der Waals surface area (Å²) in [5, 5.41) is 4.56. The molecule has 0 aliphatic rings. The molecule has 28 heavy (non-hydrogen) atoms. The van der Waals surface area contributed by atoms with Gasteiger partial charge in [-0.05, 0) is 68.0 Å². The van der Waals surface area contributed by atoms with E-state index in [1.54, 1.807) is 13.2 Å². The highest BCUT2D eigenvalue weighted by atomic mass is 35.5. The van der Waals surface area contributed by atoms with Gasteiger partial charge in [-0.2, -0.15) is 0 Å². The summed E-state index contributed by atoms with van der Waals surface area (Å²) < 4.78 is 11.4. The van der Waals surface area contributed by atoms with Crippen LogP contribution in [0.25, 0.3) is 0 Å². The number of methoxy groups -OCH3 is 1. The first-order chi connectivity index (χ1) is 13.6. The zero-order valence-corrected chi connectivity index (χ0v) is 18.4. The monoisotopic (exact) mass is 424 g/mol. The van der Waals surface area contributed by atoms with E-state index in [0.717, 1.165) is 50.5 Å². The molecule has 2 aromatic rings. The van der Waals surface area contributed by atoms with Crippen LogP contribution in [-0.2, 0) is 13.2 Å². The summed E-state index contributed by atoms with van der Waals surface area (Å²) in [5.41, 5.74) is 2.12. The summed E-state index contributed by atoms with van der Waals surface area (Å²) in [6.45, 7) is 9.95. The average Bonchev–Trinajstić information content (AvgIpc) is 2.72. The molecule has 0 bridgehead atoms. The Morgan fingerprint density at radius 1 is 0.929 bits per heavy atom. The highest BCUT2D eigenvalue weighted by molar-refractivity contribution is 6.42. The van der Waals surface area contributed by atoms with Gasteiger partial charge in [-0.15, -0.1) is 0 Å². The Labute approximate surface area is 178 Å². The molecule has 0 unspecified atom stereocenters. The Morgan fingerprint density at radius 2 is 1.68 bits per heavy atom. The molecule has 2 aromatic carbocycles. The molecule has 0 saturated heterocycles. The van der Waals surface area contributed by atoms with E-state index >= 15 is 0 Å². The van der Waals surface area contributed by atoms with Gasteiger partial charge in [-0.1, -0.05) is 49.2 Å². The second-order valence-corrected chi connectivity index (χ2v) is 7.39. The Bertz CT molecular complexity index is 736. The van der Waals surface area contributed by atoms with Gasteiger partial charge in [-0.3, -0.25) is 0 Å². The number of nitrogens with zero attached hydrogens (tertiary/aromatic N) is 1. The van der Waals surface area contributed by atoms with Gasteiger partial charge < -0.3 is 19.7 Å². The minimum Gasteiger partial charge on any atom is -0.493 e. The van der Waals surface area contributed by atoms with E-state index in [1.807, 2.05) is 24.3 Å². The standard InChI is InChI=1S/C22H30Cl2N2O2/c1-4-26(5-2)12-6-11-25-15-17-8-10-21(22(14-17)27-3)28-16-18-7-9-19(23)20(24)13-18/h7-10,13-14,25H,4-6,11-12,15-16H2,1-3H3. The molecule has 4 nitrogen and oxygen atoms in total. The lowest BCUT2D eigenvalue weighted by atomic mass is 10.2. The molecule has 154 valence electrons. The summed E-state index contributed by atoms with van der Waals surface area (Å²) in [6, 6.07) is 11.5. The van der Waals surface area contributed by atoms with Crippen molar-refractivity contribution in [3.63, 3.8) is 0 Å². The average molecular weight is 425 g/mol. The van der Waals surface area contributed by atoms with Gasteiger partial charge in [0.05, 0.1) is 17.2 Å². The van der Waals surface area contributed by atoms with E-state index < -0.39 is 0 Å². The van der Waals surface area contributed by atoms with Gasteiger partial charge in [0.2, 0.25) is 0 Å². The largest absolute Gasteiger partial charge is 0.493 e. The van der Waals surface area contributed by atoms with Crippen LogP contribution in [-0.4, -0.2) is 38.2 Å². The van der Waals surface area contributed by atoms with Crippen LogP contribution in [0.5, 0.6) is 11.5 Å². The van der Waals surface area contributed by atoms with Gasteiger partial charge in [0.1, 0.15) is 6.61 Å². The van der Waals surface area contributed by atoms with Crippen LogP contribution in [0.15, 0.2) is 36.4 Å². The molecule has 2 rings (SSSR count). The maximum absolute atomic E-state index is 6.06. The number of hydrogen-bond donors (Lipinski definition) is 1. The van der Waals surface area contributed by atoms with Crippen LogP contribution in [0.2, 0.25) is 10.0 Å². The number of nitrogens with one attached hydrogen (secondary N) is 1. The predicted octanol–water partition coefficient (Wildman–Crippen LogP) is 5.40. The van der Waals surface area contributed by atoms with Gasteiger partial charge in [0.25, 0.3) is 0 Å². The maximum Gasteiger partial charge on any atom is 0.161 e. The number of halogens is 2. The van der Waals surface area contributed by atoms with E-state index in [4.69, 9.17) is 32.7 Å². The van der Waals surface area contributed by atoms with Crippen molar-refractivity contribution in [3.8, 4) is 11.5 Å². The molecule has 0 fully saturated rings. The fourth-order valence-corrected chi connectivity index (χ4v) is 3.25. The highest BCUT2D eigenvalue weighted by Crippen LogP contribution is 2.29. The normalized spacial score (nSPS) is 11.1. The quantitative estimate of drug-likeness (QED) is 0.462. The van der Waals surface area contributed by atoms with Crippen LogP contribution in [0.1, 0.15) is 31.4 Å². The molecule has 0 aliphatic heterocycles. The first-order valence-corrected chi connectivity index (χ1v) is 10.5. The van der Waals surface area contributed by atoms with E-state index in [-0.39, 0.29) is 0 Å². The molecule has 0 saturated carbocycles. The van der Waals surface area contributed by atoms with E-state index in [2.05, 4.69) is 30.1 Å². The van der Waals surface area contributed by atoms with Crippen molar-refractivity contribution in [2.45, 2.75) is 33.4 Å². The van der Waals surface area contributed by atoms with Crippen molar-refractivity contribution in [3.05, 3.63) is 57.6 Å². The van der Waals surface area contributed by atoms with Crippen LogP contribution < -0.4 is 14.8 Å². The fraction of sp³-hybridized carbons (Fsp3) is 0.455. The highest BCUT2D eigenvalue weighted by Gasteiger charge is 2.07. The second-order valence-electron chi connectivity index (χ2n) is 6.58. The summed E-state index contributed by atoms with van der Waals surface area (Å²) >= 11 is 12.0. The maximum atomic E-state index is 6.06. The molecule has 0 spiro atoms. The van der Waals surface area contributed by atoms with Gasteiger partial charge in [0, 0.05) is 6.54 Å². The minimum absolute atomic E-state index is 0.399. The van der Waals surface area contributed by atoms with Gasteiger partial charge >= 0.3 is 0 Å². The fourth-order valence-electron chi connectivity index (χ4n) is 2.93. The molecular formula is C22H30Cl2N2O2. The number of ether oxygens (including phenoxy) is 2. The minimum atomic E-state index is 0.399. The molecule has 0 aromatic heterocycles. The molecule has 0 amide bonds. The second kappa shape index (κ2) is 12.2. The molecule has 0 atom stereocenters. The Balaban J connectivity index is 1.84. The van der Waals surface area contributed by atoms with Crippen molar-refractivity contribution in [2.24, 2.45) is 0 Å². The number of hydrogen-bond acceptors (Lipinski definition) is 4. The summed E-state index contributed by atoms with van der Waals surface area (Å²) in [5.74, 6) is 1.43. The number of rotatable bonds is 12. The van der Waals surface area contributed by atoms with E-state index in [9.17, 15) is 0 Å². The van der Waals surface area contributed by atoms with E-state index in [0.29, 0.717) is 22.4 Å². The summed E-state index contributed by atoms with van der Waals surface area (Å²) in [7, 11) is 1.66. The van der Waals surface area contributed by atoms with Crippen LogP contribution in [0.3, 0.4) is 0 Å². The Morgan fingerprint density at radius 3 is 2.36 bits per heavy atom. The Kier molecular flexibility index (Phi) is 9.93. The third-order valence-electron chi connectivity index (χ3n) is 4.66. The van der Waals surface area contributed by atoms with Crippen molar-refractivity contribution in [1.82, 2.24) is 10.2 Å². The summed E-state index contributed by atoms with van der Waals surface area (Å²) in [4.78, 5) is 2.44. The van der Waals surface area contributed by atoms with Gasteiger partial charge in [-0.25, -0.2) is 0 Å². The predicted molar refractivity (Wildman–Crippen MR) is 118 cm³/mol. The smallest absolute Gasteiger partial charge is 0.161 e. The molecular weight excluding hydrogens is 395 g/mol. The Hall–Kier alpha value is -1.46. The SMILES string of the molecule is CCN(CC)CCCNCc1ccc(OCc2ccc(Cl)c(Cl)c2)c(OC)c1. The van der Waals surface area contributed by atoms with Crippen LogP contribution in [0, 0.1) is 0 Å². The zero-order valence-electron chi connectivity index (χ0n) is 16.9. The van der Waals surface area contributed by atoms with E-state index in [1.165, 1.54) is 5.56 Å². The molecule has 0 radical (unpaired) electrons. The van der Waals surface area contributed by atoms with Crippen LogP contribution >= 0.6 is 23.2 Å². The first-order valence-electron chi connectivity index (χ1n) is 9.74. The lowest BCUT2D eigenvalue weighted by molar-refractivity contribution is 0.284. The molecule has 0 heterocycles. The lowest BCUT2D eigenvalue weighted by Crippen LogP contribution is -2.27. The van der Waals surface area contributed by atoms with Crippen molar-refractivity contribution >= 4 is 23.2 Å². The van der Waals surface area contributed by atoms with Gasteiger partial charge in [0.15, 0.2) is 11.5 Å². The third kappa shape index (κ3) is 7.17. The molecule has 1 N–H and O–H groups in total. The third-order valence-corrected chi connectivity index (χ3v) is 5.40. The number of benzene rings is 2. The topological polar surface area (TPSA) is 33.7 Å². The van der Waals surface area contributed by atoms with Crippen molar-refractivity contribution in [2.75, 3.05) is 33.3 Å². The summed E-state index contributed by atoms with van der Waals surface area (Å²) in [6.07, 6.45) is 1.14. The zero-order chi connectivity index (χ0) is 20.4. The van der Waals surface area contributed by atoms with Crippen molar-refractivity contribution in [1.29, 1.82) is 0 Å².